The van der Waals surface area contributed by atoms with E-state index >= 15 is 0 Å². The molecule has 0 aliphatic carbocycles. The van der Waals surface area contributed by atoms with Crippen LogP contribution in [0.3, 0.4) is 0 Å². The van der Waals surface area contributed by atoms with Crippen LogP contribution in [0.5, 0.6) is 0 Å². The second-order valence-corrected chi connectivity index (χ2v) is 6.32. The number of amides is 1. The van der Waals surface area contributed by atoms with Crippen LogP contribution in [0.15, 0.2) is 33.4 Å². The summed E-state index contributed by atoms with van der Waals surface area (Å²) in [6.45, 7) is 0. The number of rotatable bonds is 3. The zero-order valence-corrected chi connectivity index (χ0v) is 12.5. The van der Waals surface area contributed by atoms with Gasteiger partial charge in [-0.3, -0.25) is 4.79 Å². The van der Waals surface area contributed by atoms with E-state index in [1.807, 2.05) is 0 Å². The molecule has 7 heteroatoms. The number of carbonyl (C=O) groups excluding carboxylic acids is 1. The fraction of sp³-hybridized carbons (Fsp3) is 0. The number of carboxylic acid groups (broad SMARTS) is 1. The van der Waals surface area contributed by atoms with E-state index in [9.17, 15) is 9.59 Å². The highest BCUT2D eigenvalue weighted by atomic mass is 79.9. The third-order valence-electron chi connectivity index (χ3n) is 2.29. The standard InChI is InChI=1S/C12H7BrClNO3S/c13-10-3-6(5-19-10)11(16)15-9-2-1-7(14)4-8(9)12(17)18/h1-5H,(H,15,16)(H,17,18). The highest BCUT2D eigenvalue weighted by molar-refractivity contribution is 9.11. The maximum atomic E-state index is 11.9. The Kier molecular flexibility index (Phi) is 4.24. The quantitative estimate of drug-likeness (QED) is 0.865. The van der Waals surface area contributed by atoms with Crippen LogP contribution < -0.4 is 5.32 Å². The van der Waals surface area contributed by atoms with Gasteiger partial charge in [0.25, 0.3) is 5.91 Å². The van der Waals surface area contributed by atoms with Crippen molar-refractivity contribution in [3.8, 4) is 0 Å². The first-order chi connectivity index (χ1) is 8.97. The summed E-state index contributed by atoms with van der Waals surface area (Å²) in [7, 11) is 0. The number of halogens is 2. The summed E-state index contributed by atoms with van der Waals surface area (Å²) in [5, 5.41) is 13.6. The van der Waals surface area contributed by atoms with Gasteiger partial charge in [0, 0.05) is 10.4 Å². The van der Waals surface area contributed by atoms with Crippen LogP contribution in [0.2, 0.25) is 5.02 Å². The molecule has 0 bridgehead atoms. The smallest absolute Gasteiger partial charge is 0.337 e. The number of anilines is 1. The molecule has 1 heterocycles. The van der Waals surface area contributed by atoms with E-state index in [-0.39, 0.29) is 17.2 Å². The van der Waals surface area contributed by atoms with Gasteiger partial charge >= 0.3 is 5.97 Å². The zero-order valence-electron chi connectivity index (χ0n) is 9.31. The maximum Gasteiger partial charge on any atom is 0.337 e. The summed E-state index contributed by atoms with van der Waals surface area (Å²) < 4.78 is 0.826. The van der Waals surface area contributed by atoms with Gasteiger partial charge in [0.2, 0.25) is 0 Å². The predicted molar refractivity (Wildman–Crippen MR) is 78.4 cm³/mol. The molecule has 2 aromatic rings. The Morgan fingerprint density at radius 2 is 2.05 bits per heavy atom. The van der Waals surface area contributed by atoms with E-state index in [1.165, 1.54) is 29.5 Å². The second-order valence-electron chi connectivity index (χ2n) is 3.59. The fourth-order valence-corrected chi connectivity index (χ4v) is 2.73. The molecule has 0 aliphatic rings. The van der Waals surface area contributed by atoms with Crippen LogP contribution in [0, 0.1) is 0 Å². The third-order valence-corrected chi connectivity index (χ3v) is 4.03. The summed E-state index contributed by atoms with van der Waals surface area (Å²) in [6.07, 6.45) is 0. The lowest BCUT2D eigenvalue weighted by Gasteiger charge is -2.07. The number of thiophene rings is 1. The lowest BCUT2D eigenvalue weighted by molar-refractivity contribution is 0.0698. The number of carbonyl (C=O) groups is 2. The number of nitrogens with one attached hydrogen (secondary N) is 1. The molecule has 2 rings (SSSR count). The molecule has 1 aromatic carbocycles. The topological polar surface area (TPSA) is 66.4 Å². The fourth-order valence-electron chi connectivity index (χ4n) is 1.43. The van der Waals surface area contributed by atoms with Gasteiger partial charge in [0.1, 0.15) is 0 Å². The van der Waals surface area contributed by atoms with Gasteiger partial charge < -0.3 is 10.4 Å². The molecule has 0 radical (unpaired) electrons. The van der Waals surface area contributed by atoms with E-state index in [4.69, 9.17) is 16.7 Å². The minimum absolute atomic E-state index is 0.0462. The lowest BCUT2D eigenvalue weighted by Crippen LogP contribution is -2.14. The van der Waals surface area contributed by atoms with Gasteiger partial charge in [-0.1, -0.05) is 11.6 Å². The highest BCUT2D eigenvalue weighted by Crippen LogP contribution is 2.24. The highest BCUT2D eigenvalue weighted by Gasteiger charge is 2.14. The Bertz CT molecular complexity index is 656. The maximum absolute atomic E-state index is 11.9. The first-order valence-corrected chi connectivity index (χ1v) is 7.10. The number of benzene rings is 1. The molecule has 98 valence electrons. The Morgan fingerprint density at radius 3 is 2.63 bits per heavy atom. The molecule has 0 atom stereocenters. The van der Waals surface area contributed by atoms with Crippen LogP contribution >= 0.6 is 38.9 Å². The van der Waals surface area contributed by atoms with Crippen molar-refractivity contribution in [3.63, 3.8) is 0 Å². The van der Waals surface area contributed by atoms with E-state index < -0.39 is 5.97 Å². The number of hydrogen-bond donors (Lipinski definition) is 2. The largest absolute Gasteiger partial charge is 0.478 e. The summed E-state index contributed by atoms with van der Waals surface area (Å²) in [6, 6.07) is 5.94. The van der Waals surface area contributed by atoms with Crippen molar-refractivity contribution < 1.29 is 14.7 Å². The zero-order chi connectivity index (χ0) is 14.0. The Balaban J connectivity index is 2.28. The molecule has 0 saturated heterocycles. The predicted octanol–water partition coefficient (Wildman–Crippen LogP) is 4.11. The summed E-state index contributed by atoms with van der Waals surface area (Å²) in [4.78, 5) is 23.0. The van der Waals surface area contributed by atoms with Crippen LogP contribution in [-0.2, 0) is 0 Å². The Morgan fingerprint density at radius 1 is 1.32 bits per heavy atom. The minimum atomic E-state index is -1.15. The van der Waals surface area contributed by atoms with Crippen molar-refractivity contribution in [1.82, 2.24) is 0 Å². The molecule has 0 unspecified atom stereocenters. The minimum Gasteiger partial charge on any atom is -0.478 e. The molecule has 4 nitrogen and oxygen atoms in total. The van der Waals surface area contributed by atoms with Crippen molar-refractivity contribution in [2.24, 2.45) is 0 Å². The van der Waals surface area contributed by atoms with Gasteiger partial charge in [-0.05, 0) is 40.2 Å². The number of carboxylic acids is 1. The molecular formula is C12H7BrClNO3S. The van der Waals surface area contributed by atoms with Gasteiger partial charge in [-0.15, -0.1) is 11.3 Å². The average molecular weight is 361 g/mol. The van der Waals surface area contributed by atoms with Crippen LogP contribution in [0.25, 0.3) is 0 Å². The van der Waals surface area contributed by atoms with Gasteiger partial charge in [-0.25, -0.2) is 4.79 Å². The van der Waals surface area contributed by atoms with Crippen molar-refractivity contribution >= 4 is 56.4 Å². The average Bonchev–Trinajstić information content (AvgIpc) is 2.78. The first kappa shape index (κ1) is 14.0. The van der Waals surface area contributed by atoms with Gasteiger partial charge in [0.05, 0.1) is 20.6 Å². The molecular weight excluding hydrogens is 354 g/mol. The van der Waals surface area contributed by atoms with Crippen molar-refractivity contribution in [2.45, 2.75) is 0 Å². The summed E-state index contributed by atoms with van der Waals surface area (Å²) in [5.41, 5.74) is 0.627. The van der Waals surface area contributed by atoms with E-state index in [2.05, 4.69) is 21.2 Å². The molecule has 0 fully saturated rings. The number of aromatic carboxylic acids is 1. The molecule has 0 aliphatic heterocycles. The molecule has 2 N–H and O–H groups in total. The molecule has 0 spiro atoms. The Hall–Kier alpha value is -1.37. The van der Waals surface area contributed by atoms with Gasteiger partial charge in [0.15, 0.2) is 0 Å². The normalized spacial score (nSPS) is 10.2. The molecule has 1 aromatic heterocycles. The summed E-state index contributed by atoms with van der Waals surface area (Å²) in [5.74, 6) is -1.52. The van der Waals surface area contributed by atoms with Crippen LogP contribution in [-0.4, -0.2) is 17.0 Å². The first-order valence-electron chi connectivity index (χ1n) is 5.05. The van der Waals surface area contributed by atoms with E-state index in [1.54, 1.807) is 11.4 Å². The van der Waals surface area contributed by atoms with Gasteiger partial charge in [-0.2, -0.15) is 0 Å². The molecule has 1 amide bonds. The monoisotopic (exact) mass is 359 g/mol. The summed E-state index contributed by atoms with van der Waals surface area (Å²) >= 11 is 10.4. The van der Waals surface area contributed by atoms with Crippen LogP contribution in [0.4, 0.5) is 5.69 Å². The molecule has 19 heavy (non-hydrogen) atoms. The second kappa shape index (κ2) is 5.73. The molecule has 0 saturated carbocycles. The van der Waals surface area contributed by atoms with E-state index in [0.29, 0.717) is 10.6 Å². The SMILES string of the molecule is O=C(Nc1ccc(Cl)cc1C(=O)O)c1csc(Br)c1. The van der Waals surface area contributed by atoms with Crippen molar-refractivity contribution in [3.05, 3.63) is 49.6 Å². The lowest BCUT2D eigenvalue weighted by atomic mass is 10.1. The Labute approximate surface area is 126 Å². The number of hydrogen-bond acceptors (Lipinski definition) is 3. The third kappa shape index (κ3) is 3.34. The van der Waals surface area contributed by atoms with E-state index in [0.717, 1.165) is 3.79 Å². The van der Waals surface area contributed by atoms with Crippen molar-refractivity contribution in [2.75, 3.05) is 5.32 Å². The van der Waals surface area contributed by atoms with Crippen LogP contribution in [0.1, 0.15) is 20.7 Å². The van der Waals surface area contributed by atoms with Crippen molar-refractivity contribution in [1.29, 1.82) is 0 Å².